The molecule has 4 rings (SSSR count). The minimum atomic E-state index is 0.103. The fourth-order valence-corrected chi connectivity index (χ4v) is 3.32. The Morgan fingerprint density at radius 2 is 1.09 bits per heavy atom. The van der Waals surface area contributed by atoms with Crippen LogP contribution in [0.3, 0.4) is 0 Å². The molecule has 4 heteroatoms. The second kappa shape index (κ2) is 9.69. The molecule has 0 aliphatic rings. The van der Waals surface area contributed by atoms with E-state index >= 15 is 0 Å². The van der Waals surface area contributed by atoms with E-state index in [9.17, 15) is 0 Å². The topological polar surface area (TPSA) is 42.2 Å². The average Bonchev–Trinajstić information content (AvgIpc) is 3.32. The highest BCUT2D eigenvalue weighted by molar-refractivity contribution is 5.59. The summed E-state index contributed by atoms with van der Waals surface area (Å²) in [6, 6.07) is 24.0. The largest absolute Gasteiger partial charge is 0.416 e. The summed E-state index contributed by atoms with van der Waals surface area (Å²) < 4.78 is 5.91. The van der Waals surface area contributed by atoms with Gasteiger partial charge in [0.2, 0.25) is 11.8 Å². The molecule has 4 aromatic rings. The van der Waals surface area contributed by atoms with Gasteiger partial charge in [-0.1, -0.05) is 44.7 Å². The molecule has 0 saturated carbocycles. The number of anilines is 1. The molecular weight excluding hydrogens is 418 g/mol. The molecule has 0 atom stereocenters. The first kappa shape index (κ1) is 22.9. The van der Waals surface area contributed by atoms with Gasteiger partial charge in [0.15, 0.2) is 0 Å². The molecule has 168 valence electrons. The van der Waals surface area contributed by atoms with Crippen LogP contribution in [0.1, 0.15) is 37.5 Å². The van der Waals surface area contributed by atoms with E-state index in [1.54, 1.807) is 0 Å². The van der Waals surface area contributed by atoms with E-state index in [1.807, 2.05) is 74.8 Å². The maximum atomic E-state index is 5.91. The summed E-state index contributed by atoms with van der Waals surface area (Å²) >= 11 is 0. The summed E-state index contributed by atoms with van der Waals surface area (Å²) in [5, 5.41) is 8.43. The van der Waals surface area contributed by atoms with Crippen molar-refractivity contribution in [3.63, 3.8) is 0 Å². The molecule has 0 aliphatic heterocycles. The van der Waals surface area contributed by atoms with Gasteiger partial charge in [-0.3, -0.25) is 0 Å². The van der Waals surface area contributed by atoms with Crippen LogP contribution in [0.25, 0.3) is 22.9 Å². The maximum absolute atomic E-state index is 5.91. The van der Waals surface area contributed by atoms with Crippen molar-refractivity contribution in [2.75, 3.05) is 19.0 Å². The normalized spacial score (nSPS) is 10.6. The molecule has 0 radical (unpaired) electrons. The lowest BCUT2D eigenvalue weighted by Crippen LogP contribution is -2.10. The van der Waals surface area contributed by atoms with Gasteiger partial charge in [0.1, 0.15) is 0 Å². The summed E-state index contributed by atoms with van der Waals surface area (Å²) in [5.74, 6) is 13.0. The molecule has 0 spiro atoms. The Morgan fingerprint density at radius 3 is 1.53 bits per heavy atom. The molecule has 1 heterocycles. The van der Waals surface area contributed by atoms with Crippen LogP contribution in [-0.4, -0.2) is 24.3 Å². The molecule has 3 aromatic carbocycles. The summed E-state index contributed by atoms with van der Waals surface area (Å²) in [4.78, 5) is 2.06. The zero-order valence-electron chi connectivity index (χ0n) is 20.2. The fraction of sp³-hybridized carbons (Fsp3) is 0.200. The monoisotopic (exact) mass is 445 g/mol. The van der Waals surface area contributed by atoms with Crippen LogP contribution in [0, 0.1) is 23.7 Å². The molecule has 34 heavy (non-hydrogen) atoms. The van der Waals surface area contributed by atoms with E-state index in [4.69, 9.17) is 4.42 Å². The number of rotatable bonds is 3. The van der Waals surface area contributed by atoms with Crippen LogP contribution in [0.15, 0.2) is 77.2 Å². The van der Waals surface area contributed by atoms with Gasteiger partial charge < -0.3 is 9.32 Å². The van der Waals surface area contributed by atoms with Crippen molar-refractivity contribution < 1.29 is 4.42 Å². The van der Waals surface area contributed by atoms with Gasteiger partial charge in [0.05, 0.1) is 0 Å². The molecule has 0 N–H and O–H groups in total. The van der Waals surface area contributed by atoms with Crippen molar-refractivity contribution in [2.45, 2.75) is 26.2 Å². The van der Waals surface area contributed by atoms with Crippen molar-refractivity contribution in [1.29, 1.82) is 0 Å². The Balaban J connectivity index is 1.43. The smallest absolute Gasteiger partial charge is 0.248 e. The van der Waals surface area contributed by atoms with Gasteiger partial charge in [0, 0.05) is 42.0 Å². The second-order valence-electron chi connectivity index (χ2n) is 9.26. The average molecular weight is 446 g/mol. The zero-order chi connectivity index (χ0) is 24.1. The minimum Gasteiger partial charge on any atom is -0.416 e. The SMILES string of the molecule is CN(C)c1ccc(C#CC#Cc2ccc(-c3nnc(-c4ccc(C(C)(C)C)cc4)o3)cc2)cc1. The predicted molar refractivity (Wildman–Crippen MR) is 138 cm³/mol. The molecule has 0 aliphatic carbocycles. The molecule has 1 aromatic heterocycles. The molecular formula is C30H27N3O. The van der Waals surface area contributed by atoms with E-state index in [0.717, 1.165) is 27.9 Å². The lowest BCUT2D eigenvalue weighted by molar-refractivity contribution is 0.582. The highest BCUT2D eigenvalue weighted by Crippen LogP contribution is 2.27. The highest BCUT2D eigenvalue weighted by Gasteiger charge is 2.15. The van der Waals surface area contributed by atoms with Gasteiger partial charge >= 0.3 is 0 Å². The number of hydrogen-bond donors (Lipinski definition) is 0. The van der Waals surface area contributed by atoms with Crippen LogP contribution >= 0.6 is 0 Å². The van der Waals surface area contributed by atoms with Crippen molar-refractivity contribution in [3.05, 3.63) is 89.5 Å². The Labute approximate surface area is 201 Å². The number of hydrogen-bond acceptors (Lipinski definition) is 4. The fourth-order valence-electron chi connectivity index (χ4n) is 3.32. The van der Waals surface area contributed by atoms with Crippen LogP contribution in [0.2, 0.25) is 0 Å². The summed E-state index contributed by atoms with van der Waals surface area (Å²) in [5.41, 5.74) is 6.08. The summed E-state index contributed by atoms with van der Waals surface area (Å²) in [7, 11) is 4.03. The number of benzene rings is 3. The Hall–Kier alpha value is -4.28. The minimum absolute atomic E-state index is 0.103. The number of nitrogens with zero attached hydrogens (tertiary/aromatic N) is 3. The van der Waals surface area contributed by atoms with Crippen molar-refractivity contribution in [2.24, 2.45) is 0 Å². The first-order chi connectivity index (χ1) is 16.3. The van der Waals surface area contributed by atoms with E-state index in [-0.39, 0.29) is 5.41 Å². The van der Waals surface area contributed by atoms with Crippen LogP contribution in [-0.2, 0) is 5.41 Å². The van der Waals surface area contributed by atoms with Crippen LogP contribution in [0.5, 0.6) is 0 Å². The molecule has 0 fully saturated rings. The molecule has 4 nitrogen and oxygen atoms in total. The van der Waals surface area contributed by atoms with Gasteiger partial charge in [-0.2, -0.15) is 0 Å². The van der Waals surface area contributed by atoms with Crippen LogP contribution in [0.4, 0.5) is 5.69 Å². The Kier molecular flexibility index (Phi) is 6.53. The predicted octanol–water partition coefficient (Wildman–Crippen LogP) is 6.17. The first-order valence-corrected chi connectivity index (χ1v) is 11.1. The molecule has 0 saturated heterocycles. The van der Waals surface area contributed by atoms with Gasteiger partial charge in [-0.25, -0.2) is 0 Å². The van der Waals surface area contributed by atoms with E-state index in [2.05, 4.69) is 71.7 Å². The van der Waals surface area contributed by atoms with Gasteiger partial charge in [-0.15, -0.1) is 10.2 Å². The van der Waals surface area contributed by atoms with E-state index in [0.29, 0.717) is 11.8 Å². The first-order valence-electron chi connectivity index (χ1n) is 11.1. The quantitative estimate of drug-likeness (QED) is 0.354. The van der Waals surface area contributed by atoms with E-state index in [1.165, 1.54) is 5.56 Å². The molecule has 0 bridgehead atoms. The summed E-state index contributed by atoms with van der Waals surface area (Å²) in [6.07, 6.45) is 0. The van der Waals surface area contributed by atoms with E-state index < -0.39 is 0 Å². The second-order valence-corrected chi connectivity index (χ2v) is 9.26. The lowest BCUT2D eigenvalue weighted by Gasteiger charge is -2.18. The van der Waals surface area contributed by atoms with Crippen molar-refractivity contribution in [3.8, 4) is 46.6 Å². The lowest BCUT2D eigenvalue weighted by atomic mass is 9.87. The molecule has 0 amide bonds. The highest BCUT2D eigenvalue weighted by atomic mass is 16.4. The Morgan fingerprint density at radius 1 is 0.647 bits per heavy atom. The van der Waals surface area contributed by atoms with Crippen LogP contribution < -0.4 is 4.90 Å². The molecule has 0 unspecified atom stereocenters. The standard InChI is InChI=1S/C30H27N3O/c1-30(2,3)26-18-16-25(17-19-26)29-32-31-28(34-29)24-14-10-22(11-15-24)8-6-7-9-23-12-20-27(21-13-23)33(4)5/h10-21H,1-5H3. The van der Waals surface area contributed by atoms with Crippen molar-refractivity contribution >= 4 is 5.69 Å². The third-order valence-electron chi connectivity index (χ3n) is 5.41. The van der Waals surface area contributed by atoms with Gasteiger partial charge in [-0.05, 0) is 83.5 Å². The van der Waals surface area contributed by atoms with Crippen molar-refractivity contribution in [1.82, 2.24) is 10.2 Å². The zero-order valence-corrected chi connectivity index (χ0v) is 20.2. The Bertz CT molecular complexity index is 1380. The summed E-state index contributed by atoms with van der Waals surface area (Å²) in [6.45, 7) is 6.58. The third kappa shape index (κ3) is 5.55. The maximum Gasteiger partial charge on any atom is 0.248 e. The van der Waals surface area contributed by atoms with Gasteiger partial charge in [0.25, 0.3) is 0 Å². The third-order valence-corrected chi connectivity index (χ3v) is 5.41. The number of aromatic nitrogens is 2.